The van der Waals surface area contributed by atoms with E-state index in [-0.39, 0.29) is 50.4 Å². The number of guanidine groups is 1. The molecule has 1 aromatic rings. The lowest BCUT2D eigenvalue weighted by molar-refractivity contribution is -0.142. The molecule has 1 aromatic carbocycles. The predicted octanol–water partition coefficient (Wildman–Crippen LogP) is -4.00. The average molecular weight is 580 g/mol. The van der Waals surface area contributed by atoms with Crippen molar-refractivity contribution in [1.29, 1.82) is 0 Å². The van der Waals surface area contributed by atoms with Gasteiger partial charge in [0.05, 0.1) is 12.5 Å². The van der Waals surface area contributed by atoms with Gasteiger partial charge < -0.3 is 54.8 Å². The number of hydrogen-bond donors (Lipinski definition) is 10. The summed E-state index contributed by atoms with van der Waals surface area (Å²) >= 11 is 0. The van der Waals surface area contributed by atoms with Gasteiger partial charge in [0.15, 0.2) is 5.96 Å². The molecule has 17 heteroatoms. The standard InChI is InChI=1S/C24H37N9O8/c25-14(11-19(27)36)20(37)33-17(10-12-3-5-13(34)6-4-12)22(39)31-15(2-1-9-30-24(28)29)21(38)32-16(23(40)41)7-8-18(26)35/h3-6,14-17,34H,1-2,7-11,25H2,(H2,26,35)(H2,27,36)(H,31,39)(H,32,38)(H,33,37)(H,40,41)(H4,28,29,30). The number of nitrogens with zero attached hydrogens (tertiary/aromatic N) is 1. The summed E-state index contributed by atoms with van der Waals surface area (Å²) in [7, 11) is 0. The normalized spacial score (nSPS) is 13.5. The third kappa shape index (κ3) is 13.6. The first-order chi connectivity index (χ1) is 19.2. The number of amides is 5. The SMILES string of the molecule is NC(=O)CCC(NC(=O)C(CCCN=C(N)N)NC(=O)C(Cc1ccc(O)cc1)NC(=O)C(N)CC(N)=O)C(=O)O. The van der Waals surface area contributed by atoms with Gasteiger partial charge in [0.1, 0.15) is 23.9 Å². The van der Waals surface area contributed by atoms with Crippen molar-refractivity contribution < 1.29 is 39.0 Å². The Balaban J connectivity index is 3.20. The van der Waals surface area contributed by atoms with E-state index in [4.69, 9.17) is 28.7 Å². The number of carboxylic acids is 1. The van der Waals surface area contributed by atoms with E-state index >= 15 is 0 Å². The fourth-order valence-electron chi connectivity index (χ4n) is 3.53. The minimum atomic E-state index is -1.48. The van der Waals surface area contributed by atoms with E-state index in [2.05, 4.69) is 20.9 Å². The number of carboxylic acid groups (broad SMARTS) is 1. The molecule has 0 heterocycles. The fraction of sp³-hybridized carbons (Fsp3) is 0.458. The van der Waals surface area contributed by atoms with Gasteiger partial charge in [-0.25, -0.2) is 4.79 Å². The smallest absolute Gasteiger partial charge is 0.326 e. The molecule has 0 aliphatic rings. The number of hydrogen-bond acceptors (Lipinski definition) is 9. The van der Waals surface area contributed by atoms with Gasteiger partial charge in [-0.1, -0.05) is 12.1 Å². The van der Waals surface area contributed by atoms with Crippen LogP contribution < -0.4 is 44.6 Å². The van der Waals surface area contributed by atoms with Crippen LogP contribution in [0.15, 0.2) is 29.3 Å². The zero-order valence-corrected chi connectivity index (χ0v) is 22.2. The topological polar surface area (TPSA) is 321 Å². The molecule has 0 saturated heterocycles. The lowest BCUT2D eigenvalue weighted by Crippen LogP contribution is -2.57. The first kappa shape index (κ1) is 34.1. The van der Waals surface area contributed by atoms with Crippen LogP contribution in [0.5, 0.6) is 5.75 Å². The van der Waals surface area contributed by atoms with Crippen molar-refractivity contribution in [2.24, 2.45) is 33.7 Å². The molecule has 0 radical (unpaired) electrons. The highest BCUT2D eigenvalue weighted by atomic mass is 16.4. The molecule has 15 N–H and O–H groups in total. The Hall–Kier alpha value is -4.93. The maximum absolute atomic E-state index is 13.4. The number of nitrogens with one attached hydrogen (secondary N) is 3. The van der Waals surface area contributed by atoms with Gasteiger partial charge >= 0.3 is 5.97 Å². The molecule has 0 aliphatic carbocycles. The minimum Gasteiger partial charge on any atom is -0.508 e. The molecule has 0 aromatic heterocycles. The van der Waals surface area contributed by atoms with Crippen LogP contribution in [0.3, 0.4) is 0 Å². The molecule has 0 aliphatic heterocycles. The summed E-state index contributed by atoms with van der Waals surface area (Å²) in [6, 6.07) is 0.261. The largest absolute Gasteiger partial charge is 0.508 e. The molecule has 226 valence electrons. The van der Waals surface area contributed by atoms with Gasteiger partial charge in [-0.15, -0.1) is 0 Å². The lowest BCUT2D eigenvalue weighted by atomic mass is 10.0. The van der Waals surface area contributed by atoms with E-state index in [9.17, 15) is 39.0 Å². The monoisotopic (exact) mass is 579 g/mol. The number of primary amides is 2. The quantitative estimate of drug-likeness (QED) is 0.0453. The number of aliphatic imine (C=N–C) groups is 1. The second-order valence-electron chi connectivity index (χ2n) is 9.12. The lowest BCUT2D eigenvalue weighted by Gasteiger charge is -2.25. The summed E-state index contributed by atoms with van der Waals surface area (Å²) in [6.07, 6.45) is -1.06. The summed E-state index contributed by atoms with van der Waals surface area (Å²) in [5.74, 6) is -5.87. The molecule has 0 bridgehead atoms. The van der Waals surface area contributed by atoms with Crippen LogP contribution in [0.25, 0.3) is 0 Å². The van der Waals surface area contributed by atoms with Crippen LogP contribution in [0, 0.1) is 0 Å². The Morgan fingerprint density at radius 2 is 1.34 bits per heavy atom. The summed E-state index contributed by atoms with van der Waals surface area (Å²) in [4.78, 5) is 76.7. The third-order valence-corrected chi connectivity index (χ3v) is 5.64. The van der Waals surface area contributed by atoms with Gasteiger partial charge in [0.25, 0.3) is 0 Å². The van der Waals surface area contributed by atoms with Crippen molar-refractivity contribution in [3.8, 4) is 5.75 Å². The van der Waals surface area contributed by atoms with E-state index in [0.29, 0.717) is 5.56 Å². The first-order valence-corrected chi connectivity index (χ1v) is 12.5. The summed E-state index contributed by atoms with van der Waals surface area (Å²) in [5, 5.41) is 26.2. The van der Waals surface area contributed by atoms with E-state index in [0.717, 1.165) is 0 Å². The number of carbonyl (C=O) groups excluding carboxylic acids is 5. The Morgan fingerprint density at radius 3 is 1.88 bits per heavy atom. The van der Waals surface area contributed by atoms with E-state index in [1.165, 1.54) is 24.3 Å². The highest BCUT2D eigenvalue weighted by molar-refractivity contribution is 5.95. The fourth-order valence-corrected chi connectivity index (χ4v) is 3.53. The highest BCUT2D eigenvalue weighted by Gasteiger charge is 2.30. The summed E-state index contributed by atoms with van der Waals surface area (Å²) < 4.78 is 0. The Bertz CT molecular complexity index is 1120. The zero-order valence-electron chi connectivity index (χ0n) is 22.2. The molecule has 4 unspecified atom stereocenters. The second kappa shape index (κ2) is 16.9. The van der Waals surface area contributed by atoms with Crippen molar-refractivity contribution >= 4 is 41.5 Å². The van der Waals surface area contributed by atoms with Gasteiger partial charge in [-0.2, -0.15) is 0 Å². The Morgan fingerprint density at radius 1 is 0.780 bits per heavy atom. The van der Waals surface area contributed by atoms with Gasteiger partial charge in [0.2, 0.25) is 29.5 Å². The van der Waals surface area contributed by atoms with Gasteiger partial charge in [-0.3, -0.25) is 29.0 Å². The molecule has 5 amide bonds. The molecule has 0 spiro atoms. The van der Waals surface area contributed by atoms with Crippen molar-refractivity contribution in [2.45, 2.75) is 62.7 Å². The molecule has 1 rings (SSSR count). The van der Waals surface area contributed by atoms with Crippen LogP contribution in [0.4, 0.5) is 0 Å². The number of benzene rings is 1. The summed E-state index contributed by atoms with van der Waals surface area (Å²) in [6.45, 7) is 0.0850. The molecule has 0 fully saturated rings. The van der Waals surface area contributed by atoms with Crippen molar-refractivity contribution in [2.75, 3.05) is 6.54 Å². The molecule has 0 saturated carbocycles. The zero-order chi connectivity index (χ0) is 31.1. The Labute approximate surface area is 235 Å². The van der Waals surface area contributed by atoms with Gasteiger partial charge in [-0.05, 0) is 37.0 Å². The van der Waals surface area contributed by atoms with Crippen molar-refractivity contribution in [3.63, 3.8) is 0 Å². The molecule has 4 atom stereocenters. The van der Waals surface area contributed by atoms with Crippen molar-refractivity contribution in [3.05, 3.63) is 29.8 Å². The number of rotatable bonds is 18. The maximum Gasteiger partial charge on any atom is 0.326 e. The van der Waals surface area contributed by atoms with Crippen LogP contribution in [-0.4, -0.2) is 82.4 Å². The predicted molar refractivity (Wildman–Crippen MR) is 145 cm³/mol. The average Bonchev–Trinajstić information content (AvgIpc) is 2.87. The summed E-state index contributed by atoms with van der Waals surface area (Å²) in [5.41, 5.74) is 27.0. The van der Waals surface area contributed by atoms with Gasteiger partial charge in [0, 0.05) is 19.4 Å². The van der Waals surface area contributed by atoms with E-state index < -0.39 is 66.1 Å². The molecule has 41 heavy (non-hydrogen) atoms. The van der Waals surface area contributed by atoms with E-state index in [1.807, 2.05) is 0 Å². The highest BCUT2D eigenvalue weighted by Crippen LogP contribution is 2.12. The second-order valence-corrected chi connectivity index (χ2v) is 9.12. The van der Waals surface area contributed by atoms with Crippen LogP contribution >= 0.6 is 0 Å². The number of phenols is 1. The Kier molecular flexibility index (Phi) is 14.1. The third-order valence-electron chi connectivity index (χ3n) is 5.64. The number of aromatic hydroxyl groups is 1. The number of carbonyl (C=O) groups is 6. The first-order valence-electron chi connectivity index (χ1n) is 12.5. The van der Waals surface area contributed by atoms with Crippen LogP contribution in [-0.2, 0) is 35.2 Å². The molecular formula is C24H37N9O8. The minimum absolute atomic E-state index is 0.0379. The number of aliphatic carboxylic acids is 1. The molecular weight excluding hydrogens is 542 g/mol. The van der Waals surface area contributed by atoms with Crippen LogP contribution in [0.2, 0.25) is 0 Å². The maximum atomic E-state index is 13.4. The molecule has 17 nitrogen and oxygen atoms in total. The number of phenolic OH excluding ortho intramolecular Hbond substituents is 1. The number of nitrogens with two attached hydrogens (primary N) is 5. The van der Waals surface area contributed by atoms with Crippen molar-refractivity contribution in [1.82, 2.24) is 16.0 Å². The van der Waals surface area contributed by atoms with Crippen LogP contribution in [0.1, 0.15) is 37.7 Å². The van der Waals surface area contributed by atoms with E-state index in [1.54, 1.807) is 0 Å².